The molecule has 0 bridgehead atoms. The van der Waals surface area contributed by atoms with Crippen LogP contribution in [0, 0.1) is 0 Å². The minimum atomic E-state index is -0.503. The molecular weight excluding hydrogens is 308 g/mol. The Kier molecular flexibility index (Phi) is 5.59. The van der Waals surface area contributed by atoms with E-state index in [-0.39, 0.29) is 18.1 Å². The van der Waals surface area contributed by atoms with Gasteiger partial charge in [0.25, 0.3) is 0 Å². The van der Waals surface area contributed by atoms with Crippen LogP contribution in [0.25, 0.3) is 0 Å². The lowest BCUT2D eigenvalue weighted by Gasteiger charge is -2.38. The first kappa shape index (κ1) is 18.4. The lowest BCUT2D eigenvalue weighted by Crippen LogP contribution is -2.50. The van der Waals surface area contributed by atoms with Crippen LogP contribution in [-0.2, 0) is 4.74 Å². The number of piperidine rings is 1. The number of rotatable bonds is 3. The smallest absolute Gasteiger partial charge is 0.410 e. The summed E-state index contributed by atoms with van der Waals surface area (Å²) in [6, 6.07) is 5.59. The van der Waals surface area contributed by atoms with Gasteiger partial charge >= 0.3 is 6.09 Å². The van der Waals surface area contributed by atoms with Crippen molar-refractivity contribution in [3.8, 4) is 11.5 Å². The molecule has 0 saturated carbocycles. The zero-order chi connectivity index (χ0) is 17.9. The van der Waals surface area contributed by atoms with Gasteiger partial charge in [0.2, 0.25) is 0 Å². The molecule has 1 aromatic carbocycles. The molecule has 1 saturated heterocycles. The van der Waals surface area contributed by atoms with Crippen LogP contribution < -0.4 is 15.2 Å². The fraction of sp³-hybridized carbons (Fsp3) is 0.611. The van der Waals surface area contributed by atoms with Gasteiger partial charge in [0.05, 0.1) is 14.2 Å². The lowest BCUT2D eigenvalue weighted by atomic mass is 9.85. The molecule has 0 radical (unpaired) electrons. The second kappa shape index (κ2) is 7.30. The Bertz CT molecular complexity index is 583. The number of benzene rings is 1. The highest BCUT2D eigenvalue weighted by molar-refractivity contribution is 5.68. The van der Waals surface area contributed by atoms with Crippen LogP contribution in [0.15, 0.2) is 18.2 Å². The first-order valence-corrected chi connectivity index (χ1v) is 8.20. The summed E-state index contributed by atoms with van der Waals surface area (Å²) in [5.41, 5.74) is 6.91. The van der Waals surface area contributed by atoms with Gasteiger partial charge in [0, 0.05) is 31.1 Å². The predicted molar refractivity (Wildman–Crippen MR) is 92.7 cm³/mol. The third-order valence-electron chi connectivity index (χ3n) is 4.15. The highest BCUT2D eigenvalue weighted by Crippen LogP contribution is 2.36. The summed E-state index contributed by atoms with van der Waals surface area (Å²) in [6.07, 6.45) is 0.460. The molecule has 1 fully saturated rings. The van der Waals surface area contributed by atoms with E-state index in [1.807, 2.05) is 39.0 Å². The molecule has 1 aliphatic rings. The Morgan fingerprint density at radius 1 is 1.25 bits per heavy atom. The Balaban J connectivity index is 2.10. The van der Waals surface area contributed by atoms with Gasteiger partial charge in [-0.3, -0.25) is 0 Å². The van der Waals surface area contributed by atoms with E-state index in [1.165, 1.54) is 0 Å². The topological polar surface area (TPSA) is 74.0 Å². The number of amides is 1. The maximum Gasteiger partial charge on any atom is 0.410 e. The van der Waals surface area contributed by atoms with Crippen LogP contribution in [0.2, 0.25) is 0 Å². The Hall–Kier alpha value is -1.95. The van der Waals surface area contributed by atoms with Crippen molar-refractivity contribution >= 4 is 6.09 Å². The number of nitrogens with zero attached hydrogens (tertiary/aromatic N) is 1. The van der Waals surface area contributed by atoms with Crippen LogP contribution in [0.4, 0.5) is 4.79 Å². The van der Waals surface area contributed by atoms with Crippen molar-refractivity contribution in [2.24, 2.45) is 5.73 Å². The van der Waals surface area contributed by atoms with Gasteiger partial charge in [-0.1, -0.05) is 6.07 Å². The van der Waals surface area contributed by atoms with Crippen molar-refractivity contribution < 1.29 is 19.0 Å². The van der Waals surface area contributed by atoms with Crippen molar-refractivity contribution in [2.75, 3.05) is 27.3 Å². The van der Waals surface area contributed by atoms with Gasteiger partial charge in [-0.25, -0.2) is 4.79 Å². The molecule has 2 N–H and O–H groups in total. The number of carbonyl (C=O) groups excluding carboxylic acids is 1. The van der Waals surface area contributed by atoms with E-state index < -0.39 is 5.60 Å². The van der Waals surface area contributed by atoms with Gasteiger partial charge in [0.1, 0.15) is 17.1 Å². The van der Waals surface area contributed by atoms with E-state index in [2.05, 4.69) is 0 Å². The first-order valence-electron chi connectivity index (χ1n) is 8.20. The number of carbonyl (C=O) groups is 1. The molecule has 0 spiro atoms. The monoisotopic (exact) mass is 336 g/mol. The minimum Gasteiger partial charge on any atom is -0.497 e. The number of hydrogen-bond donors (Lipinski definition) is 1. The molecule has 1 amide bonds. The van der Waals surface area contributed by atoms with Crippen molar-refractivity contribution in [3.05, 3.63) is 23.8 Å². The molecule has 6 heteroatoms. The SMILES string of the molecule is COc1ccc(C2CCN(C(=O)OC(C)(C)C)CC2N)c(OC)c1. The van der Waals surface area contributed by atoms with Crippen molar-refractivity contribution in [2.45, 2.75) is 44.8 Å². The molecule has 0 aliphatic carbocycles. The van der Waals surface area contributed by atoms with Crippen LogP contribution in [-0.4, -0.2) is 49.9 Å². The first-order chi connectivity index (χ1) is 11.2. The number of nitrogens with two attached hydrogens (primary N) is 1. The highest BCUT2D eigenvalue weighted by atomic mass is 16.6. The van der Waals surface area contributed by atoms with Crippen LogP contribution in [0.3, 0.4) is 0 Å². The molecule has 134 valence electrons. The molecule has 0 aromatic heterocycles. The van der Waals surface area contributed by atoms with Crippen molar-refractivity contribution in [1.82, 2.24) is 4.90 Å². The number of likely N-dealkylation sites (tertiary alicyclic amines) is 1. The van der Waals surface area contributed by atoms with E-state index in [4.69, 9.17) is 19.9 Å². The molecule has 2 atom stereocenters. The second-order valence-electron chi connectivity index (χ2n) is 7.09. The average molecular weight is 336 g/mol. The largest absolute Gasteiger partial charge is 0.497 e. The summed E-state index contributed by atoms with van der Waals surface area (Å²) in [6.45, 7) is 6.66. The molecule has 2 rings (SSSR count). The Labute approximate surface area is 143 Å². The third-order valence-corrected chi connectivity index (χ3v) is 4.15. The highest BCUT2D eigenvalue weighted by Gasteiger charge is 2.33. The van der Waals surface area contributed by atoms with E-state index in [0.29, 0.717) is 13.1 Å². The van der Waals surface area contributed by atoms with Crippen LogP contribution >= 0.6 is 0 Å². The van der Waals surface area contributed by atoms with Gasteiger partial charge in [-0.05, 0) is 38.8 Å². The molecule has 1 aliphatic heterocycles. The molecule has 6 nitrogen and oxygen atoms in total. The third kappa shape index (κ3) is 4.32. The predicted octanol–water partition coefficient (Wildman–Crippen LogP) is 2.76. The maximum atomic E-state index is 12.2. The standard InChI is InChI=1S/C18H28N2O4/c1-18(2,3)24-17(21)20-9-8-13(15(19)11-20)14-7-6-12(22-4)10-16(14)23-5/h6-7,10,13,15H,8-9,11,19H2,1-5H3. The molecular formula is C18H28N2O4. The Morgan fingerprint density at radius 2 is 1.96 bits per heavy atom. The van der Waals surface area contributed by atoms with Crippen LogP contribution in [0.1, 0.15) is 38.7 Å². The lowest BCUT2D eigenvalue weighted by molar-refractivity contribution is 0.0186. The number of methoxy groups -OCH3 is 2. The summed E-state index contributed by atoms with van der Waals surface area (Å²) < 4.78 is 16.2. The van der Waals surface area contributed by atoms with Crippen LogP contribution in [0.5, 0.6) is 11.5 Å². The fourth-order valence-corrected chi connectivity index (χ4v) is 2.99. The second-order valence-corrected chi connectivity index (χ2v) is 7.09. The van der Waals surface area contributed by atoms with Gasteiger partial charge < -0.3 is 24.8 Å². The number of ether oxygens (including phenoxy) is 3. The Morgan fingerprint density at radius 3 is 2.50 bits per heavy atom. The summed E-state index contributed by atoms with van der Waals surface area (Å²) in [5, 5.41) is 0. The summed E-state index contributed by atoms with van der Waals surface area (Å²) >= 11 is 0. The van der Waals surface area contributed by atoms with E-state index in [9.17, 15) is 4.79 Å². The molecule has 1 heterocycles. The number of hydrogen-bond acceptors (Lipinski definition) is 5. The van der Waals surface area contributed by atoms with E-state index in [1.54, 1.807) is 19.1 Å². The average Bonchev–Trinajstić information content (AvgIpc) is 2.52. The van der Waals surface area contributed by atoms with Gasteiger partial charge in [0.15, 0.2) is 0 Å². The summed E-state index contributed by atoms with van der Waals surface area (Å²) in [4.78, 5) is 13.9. The maximum absolute atomic E-state index is 12.2. The molecule has 2 unspecified atom stereocenters. The quantitative estimate of drug-likeness (QED) is 0.919. The minimum absolute atomic E-state index is 0.129. The summed E-state index contributed by atoms with van der Waals surface area (Å²) in [7, 11) is 3.26. The van der Waals surface area contributed by atoms with E-state index >= 15 is 0 Å². The zero-order valence-corrected chi connectivity index (χ0v) is 15.2. The fourth-order valence-electron chi connectivity index (χ4n) is 2.99. The zero-order valence-electron chi connectivity index (χ0n) is 15.2. The molecule has 1 aromatic rings. The normalized spacial score (nSPS) is 21.3. The van der Waals surface area contributed by atoms with Gasteiger partial charge in [-0.15, -0.1) is 0 Å². The van der Waals surface area contributed by atoms with Crippen molar-refractivity contribution in [1.29, 1.82) is 0 Å². The van der Waals surface area contributed by atoms with Crippen molar-refractivity contribution in [3.63, 3.8) is 0 Å². The summed E-state index contributed by atoms with van der Waals surface area (Å²) in [5.74, 6) is 1.64. The van der Waals surface area contributed by atoms with Gasteiger partial charge in [-0.2, -0.15) is 0 Å². The molecule has 24 heavy (non-hydrogen) atoms. The van der Waals surface area contributed by atoms with E-state index in [0.717, 1.165) is 23.5 Å².